The minimum atomic E-state index is -3.62. The molecule has 162 valence electrons. The Balaban J connectivity index is 1.56. The first-order valence-electron chi connectivity index (χ1n) is 10.3. The Morgan fingerprint density at radius 1 is 1.10 bits per heavy atom. The molecule has 1 fully saturated rings. The van der Waals surface area contributed by atoms with E-state index in [0.29, 0.717) is 25.5 Å². The number of likely N-dealkylation sites (N-methyl/N-ethyl adjacent to an activating group) is 1. The van der Waals surface area contributed by atoms with Gasteiger partial charge in [0, 0.05) is 45.0 Å². The Bertz CT molecular complexity index is 972. The summed E-state index contributed by atoms with van der Waals surface area (Å²) in [6.45, 7) is 4.22. The zero-order chi connectivity index (χ0) is 21.1. The van der Waals surface area contributed by atoms with Crippen LogP contribution >= 0.6 is 0 Å². The van der Waals surface area contributed by atoms with Crippen LogP contribution in [0.15, 0.2) is 47.4 Å². The van der Waals surface area contributed by atoms with Gasteiger partial charge in [-0.15, -0.1) is 0 Å². The third kappa shape index (κ3) is 4.46. The molecule has 8 heteroatoms. The Kier molecular flexibility index (Phi) is 6.29. The highest BCUT2D eigenvalue weighted by atomic mass is 32.2. The largest absolute Gasteiger partial charge is 0.497 e. The van der Waals surface area contributed by atoms with Crippen molar-refractivity contribution < 1.29 is 17.9 Å². The van der Waals surface area contributed by atoms with E-state index < -0.39 is 10.0 Å². The smallest absolute Gasteiger partial charge is 0.240 e. The van der Waals surface area contributed by atoms with Crippen molar-refractivity contribution >= 4 is 15.7 Å². The number of hydrogen-bond donors (Lipinski definition) is 1. The third-order valence-corrected chi connectivity index (χ3v) is 7.38. The standard InChI is InChI=1S/C22H29N3O4S/c1-24-10-9-18-15-17(3-8-21(18)24)22(25-11-13-29-14-12-25)16-23-30(26,27)20-6-4-19(28-2)5-7-20/h3-8,15,22-23H,9-14,16H2,1-2H3. The molecule has 0 spiro atoms. The Morgan fingerprint density at radius 3 is 2.53 bits per heavy atom. The first kappa shape index (κ1) is 21.1. The summed E-state index contributed by atoms with van der Waals surface area (Å²) in [6.07, 6.45) is 1.02. The molecule has 2 heterocycles. The summed E-state index contributed by atoms with van der Waals surface area (Å²) in [4.78, 5) is 4.80. The van der Waals surface area contributed by atoms with Crippen molar-refractivity contribution in [3.05, 3.63) is 53.6 Å². The molecule has 0 aliphatic carbocycles. The lowest BCUT2D eigenvalue weighted by Crippen LogP contribution is -2.43. The molecule has 1 N–H and O–H groups in total. The lowest BCUT2D eigenvalue weighted by atomic mass is 10.0. The average Bonchev–Trinajstić information content (AvgIpc) is 3.15. The fourth-order valence-corrected chi connectivity index (χ4v) is 5.21. The number of methoxy groups -OCH3 is 1. The van der Waals surface area contributed by atoms with E-state index in [9.17, 15) is 8.42 Å². The second kappa shape index (κ2) is 8.93. The van der Waals surface area contributed by atoms with Gasteiger partial charge in [-0.1, -0.05) is 12.1 Å². The number of ether oxygens (including phenoxy) is 2. The highest BCUT2D eigenvalue weighted by molar-refractivity contribution is 7.89. The molecule has 7 nitrogen and oxygen atoms in total. The zero-order valence-corrected chi connectivity index (χ0v) is 18.3. The van der Waals surface area contributed by atoms with Gasteiger partial charge in [-0.2, -0.15) is 0 Å². The van der Waals surface area contributed by atoms with Crippen molar-refractivity contribution in [2.24, 2.45) is 0 Å². The molecule has 1 unspecified atom stereocenters. The summed E-state index contributed by atoms with van der Waals surface area (Å²) in [5.74, 6) is 0.628. The number of nitrogens with one attached hydrogen (secondary N) is 1. The average molecular weight is 432 g/mol. The van der Waals surface area contributed by atoms with Gasteiger partial charge in [0.1, 0.15) is 5.75 Å². The summed E-state index contributed by atoms with van der Waals surface area (Å²) < 4.78 is 39.2. The van der Waals surface area contributed by atoms with Crippen molar-refractivity contribution in [2.75, 3.05) is 58.5 Å². The van der Waals surface area contributed by atoms with Crippen LogP contribution in [0.1, 0.15) is 17.2 Å². The van der Waals surface area contributed by atoms with Crippen molar-refractivity contribution in [3.63, 3.8) is 0 Å². The van der Waals surface area contributed by atoms with E-state index in [1.165, 1.54) is 11.3 Å². The SMILES string of the molecule is COc1ccc(S(=O)(=O)NCC(c2ccc3c(c2)CCN3C)N2CCOCC2)cc1. The molecule has 2 aliphatic rings. The normalized spacial score (nSPS) is 18.3. The van der Waals surface area contributed by atoms with E-state index in [0.717, 1.165) is 31.6 Å². The molecule has 1 saturated heterocycles. The van der Waals surface area contributed by atoms with Gasteiger partial charge in [0.05, 0.1) is 25.2 Å². The fourth-order valence-electron chi connectivity index (χ4n) is 4.17. The van der Waals surface area contributed by atoms with Crippen molar-refractivity contribution in [1.82, 2.24) is 9.62 Å². The van der Waals surface area contributed by atoms with Gasteiger partial charge in [0.25, 0.3) is 0 Å². The molecule has 0 saturated carbocycles. The summed E-state index contributed by atoms with van der Waals surface area (Å²) >= 11 is 0. The second-order valence-electron chi connectivity index (χ2n) is 7.75. The predicted molar refractivity (Wildman–Crippen MR) is 117 cm³/mol. The summed E-state index contributed by atoms with van der Waals surface area (Å²) in [7, 11) is 0.0447. The van der Waals surface area contributed by atoms with Gasteiger partial charge in [0.15, 0.2) is 0 Å². The van der Waals surface area contributed by atoms with Crippen LogP contribution in [0.25, 0.3) is 0 Å². The van der Waals surface area contributed by atoms with E-state index >= 15 is 0 Å². The van der Waals surface area contributed by atoms with Crippen molar-refractivity contribution in [1.29, 1.82) is 0 Å². The highest BCUT2D eigenvalue weighted by Gasteiger charge is 2.27. The Labute approximate surface area is 178 Å². The van der Waals surface area contributed by atoms with Crippen LogP contribution in [-0.4, -0.2) is 66.9 Å². The number of morpholine rings is 1. The molecule has 0 bridgehead atoms. The van der Waals surface area contributed by atoms with E-state index in [2.05, 4.69) is 39.8 Å². The van der Waals surface area contributed by atoms with Crippen LogP contribution in [-0.2, 0) is 21.2 Å². The van der Waals surface area contributed by atoms with Gasteiger partial charge in [-0.05, 0) is 47.9 Å². The first-order valence-corrected chi connectivity index (χ1v) is 11.8. The van der Waals surface area contributed by atoms with E-state index in [1.807, 2.05) is 0 Å². The quantitative estimate of drug-likeness (QED) is 0.724. The molecule has 2 aliphatic heterocycles. The third-order valence-electron chi connectivity index (χ3n) is 5.94. The van der Waals surface area contributed by atoms with E-state index in [1.54, 1.807) is 31.4 Å². The van der Waals surface area contributed by atoms with Crippen LogP contribution in [0.4, 0.5) is 5.69 Å². The number of hydrogen-bond acceptors (Lipinski definition) is 6. The summed E-state index contributed by atoms with van der Waals surface area (Å²) in [5, 5.41) is 0. The van der Waals surface area contributed by atoms with E-state index in [4.69, 9.17) is 9.47 Å². The Morgan fingerprint density at radius 2 is 1.83 bits per heavy atom. The minimum Gasteiger partial charge on any atom is -0.497 e. The molecule has 2 aromatic rings. The fraction of sp³-hybridized carbons (Fsp3) is 0.455. The maximum absolute atomic E-state index is 12.9. The van der Waals surface area contributed by atoms with Gasteiger partial charge >= 0.3 is 0 Å². The van der Waals surface area contributed by atoms with Crippen LogP contribution in [0.2, 0.25) is 0 Å². The van der Waals surface area contributed by atoms with Crippen LogP contribution in [0, 0.1) is 0 Å². The molecule has 1 atom stereocenters. The molecule has 0 aromatic heterocycles. The predicted octanol–water partition coefficient (Wildman–Crippen LogP) is 2.04. The Hall–Kier alpha value is -2.13. The number of fused-ring (bicyclic) bond motifs is 1. The minimum absolute atomic E-state index is 0.0434. The maximum atomic E-state index is 12.9. The van der Waals surface area contributed by atoms with Gasteiger partial charge in [0.2, 0.25) is 10.0 Å². The topological polar surface area (TPSA) is 71.1 Å². The van der Waals surface area contributed by atoms with Crippen molar-refractivity contribution in [3.8, 4) is 5.75 Å². The monoisotopic (exact) mass is 431 g/mol. The molecule has 30 heavy (non-hydrogen) atoms. The van der Waals surface area contributed by atoms with Crippen LogP contribution in [0.3, 0.4) is 0 Å². The van der Waals surface area contributed by atoms with Gasteiger partial charge in [-0.3, -0.25) is 4.90 Å². The molecule has 2 aromatic carbocycles. The van der Waals surface area contributed by atoms with Gasteiger partial charge < -0.3 is 14.4 Å². The number of rotatable bonds is 7. The summed E-state index contributed by atoms with van der Waals surface area (Å²) in [6, 6.07) is 12.9. The van der Waals surface area contributed by atoms with Crippen LogP contribution < -0.4 is 14.4 Å². The van der Waals surface area contributed by atoms with Crippen molar-refractivity contribution in [2.45, 2.75) is 17.4 Å². The lowest BCUT2D eigenvalue weighted by molar-refractivity contribution is 0.0172. The number of anilines is 1. The second-order valence-corrected chi connectivity index (χ2v) is 9.52. The van der Waals surface area contributed by atoms with Crippen LogP contribution in [0.5, 0.6) is 5.75 Å². The number of nitrogens with zero attached hydrogens (tertiary/aromatic N) is 2. The molecule has 0 amide bonds. The molecular formula is C22H29N3O4S. The molecule has 0 radical (unpaired) electrons. The number of sulfonamides is 1. The summed E-state index contributed by atoms with van der Waals surface area (Å²) in [5.41, 5.74) is 3.73. The first-order chi connectivity index (χ1) is 14.5. The maximum Gasteiger partial charge on any atom is 0.240 e. The lowest BCUT2D eigenvalue weighted by Gasteiger charge is -2.35. The highest BCUT2D eigenvalue weighted by Crippen LogP contribution is 2.31. The van der Waals surface area contributed by atoms with E-state index in [-0.39, 0.29) is 10.9 Å². The number of benzene rings is 2. The molecule has 4 rings (SSSR count). The van der Waals surface area contributed by atoms with Gasteiger partial charge in [-0.25, -0.2) is 13.1 Å². The zero-order valence-electron chi connectivity index (χ0n) is 17.5. The molecular weight excluding hydrogens is 402 g/mol.